The van der Waals surface area contributed by atoms with Gasteiger partial charge in [0.1, 0.15) is 5.75 Å². The van der Waals surface area contributed by atoms with Gasteiger partial charge in [-0.2, -0.15) is 0 Å². The van der Waals surface area contributed by atoms with E-state index in [0.717, 1.165) is 36.1 Å². The molecule has 1 aliphatic carbocycles. The Balaban J connectivity index is 1.60. The molecule has 1 unspecified atom stereocenters. The van der Waals surface area contributed by atoms with E-state index in [2.05, 4.69) is 5.32 Å². The summed E-state index contributed by atoms with van der Waals surface area (Å²) in [6, 6.07) is 13.4. The van der Waals surface area contributed by atoms with Crippen LogP contribution in [-0.2, 0) is 21.2 Å². The zero-order valence-corrected chi connectivity index (χ0v) is 18.7. The fourth-order valence-corrected chi connectivity index (χ4v) is 5.05. The lowest BCUT2D eigenvalue weighted by molar-refractivity contribution is -0.122. The maximum absolute atomic E-state index is 12.6. The first-order valence-corrected chi connectivity index (χ1v) is 12.1. The van der Waals surface area contributed by atoms with Crippen molar-refractivity contribution < 1.29 is 17.9 Å². The van der Waals surface area contributed by atoms with E-state index in [0.29, 0.717) is 12.1 Å². The molecule has 0 bridgehead atoms. The van der Waals surface area contributed by atoms with Crippen LogP contribution >= 0.6 is 0 Å². The van der Waals surface area contributed by atoms with Crippen LogP contribution in [0.5, 0.6) is 5.75 Å². The van der Waals surface area contributed by atoms with Gasteiger partial charge in [-0.15, -0.1) is 0 Å². The first-order valence-electron chi connectivity index (χ1n) is 10.3. The van der Waals surface area contributed by atoms with Gasteiger partial charge in [-0.3, -0.25) is 9.10 Å². The molecule has 0 fully saturated rings. The topological polar surface area (TPSA) is 75.7 Å². The predicted octanol–water partition coefficient (Wildman–Crippen LogP) is 3.74. The summed E-state index contributed by atoms with van der Waals surface area (Å²) in [5.41, 5.74) is 3.92. The molecule has 1 amide bonds. The highest BCUT2D eigenvalue weighted by Crippen LogP contribution is 2.32. The molecule has 3 rings (SSSR count). The minimum atomic E-state index is -3.42. The van der Waals surface area contributed by atoms with Crippen molar-refractivity contribution in [2.45, 2.75) is 45.1 Å². The molecule has 2 aromatic rings. The molecule has 1 N–H and O–H groups in total. The van der Waals surface area contributed by atoms with E-state index in [1.807, 2.05) is 43.3 Å². The molecule has 0 saturated carbocycles. The molecule has 30 heavy (non-hydrogen) atoms. The Labute approximate surface area is 179 Å². The lowest BCUT2D eigenvalue weighted by Gasteiger charge is -2.27. The average molecular weight is 431 g/mol. The highest BCUT2D eigenvalue weighted by molar-refractivity contribution is 7.92. The Morgan fingerprint density at radius 2 is 2.00 bits per heavy atom. The average Bonchev–Trinajstić information content (AvgIpc) is 2.71. The molecule has 0 saturated heterocycles. The number of nitrogens with one attached hydrogen (secondary N) is 1. The van der Waals surface area contributed by atoms with Crippen molar-refractivity contribution in [3.63, 3.8) is 0 Å². The minimum absolute atomic E-state index is 0.00506. The molecular formula is C23H30N2O4S. The second-order valence-corrected chi connectivity index (χ2v) is 9.71. The molecule has 0 aromatic heterocycles. The summed E-state index contributed by atoms with van der Waals surface area (Å²) in [5.74, 6) is 0.778. The molecule has 2 aromatic carbocycles. The number of sulfonamides is 1. The molecule has 7 heteroatoms. The number of carbonyl (C=O) groups excluding carboxylic acids is 1. The number of hydrogen-bond donors (Lipinski definition) is 1. The van der Waals surface area contributed by atoms with Gasteiger partial charge in [-0.05, 0) is 67.5 Å². The molecule has 6 nitrogen and oxygen atoms in total. The second kappa shape index (κ2) is 9.51. The highest BCUT2D eigenvalue weighted by atomic mass is 32.2. The Hall–Kier alpha value is -2.54. The van der Waals surface area contributed by atoms with Crippen LogP contribution in [0.2, 0.25) is 0 Å². The quantitative estimate of drug-likeness (QED) is 0.692. The van der Waals surface area contributed by atoms with Gasteiger partial charge in [0, 0.05) is 13.0 Å². The third-order valence-corrected chi connectivity index (χ3v) is 6.73. The zero-order valence-electron chi connectivity index (χ0n) is 17.8. The fourth-order valence-electron chi connectivity index (χ4n) is 4.03. The maximum Gasteiger partial charge on any atom is 0.232 e. The summed E-state index contributed by atoms with van der Waals surface area (Å²) in [5, 5.41) is 3.13. The van der Waals surface area contributed by atoms with Gasteiger partial charge in [0.2, 0.25) is 15.9 Å². The van der Waals surface area contributed by atoms with E-state index in [-0.39, 0.29) is 24.9 Å². The van der Waals surface area contributed by atoms with E-state index < -0.39 is 10.0 Å². The number of carbonyl (C=O) groups is 1. The van der Waals surface area contributed by atoms with Crippen LogP contribution in [0.4, 0.5) is 5.69 Å². The summed E-state index contributed by atoms with van der Waals surface area (Å²) in [6.45, 7) is 2.16. The lowest BCUT2D eigenvalue weighted by Crippen LogP contribution is -2.34. The number of ether oxygens (including phenoxy) is 1. The van der Waals surface area contributed by atoms with Crippen molar-refractivity contribution in [3.8, 4) is 5.75 Å². The number of rotatable bonds is 8. The van der Waals surface area contributed by atoms with Gasteiger partial charge in [-0.1, -0.05) is 24.3 Å². The zero-order chi connectivity index (χ0) is 21.7. The number of hydrogen-bond acceptors (Lipinski definition) is 4. The van der Waals surface area contributed by atoms with Crippen LogP contribution in [-0.4, -0.2) is 34.2 Å². The van der Waals surface area contributed by atoms with Gasteiger partial charge in [0.25, 0.3) is 0 Å². The predicted molar refractivity (Wildman–Crippen MR) is 119 cm³/mol. The van der Waals surface area contributed by atoms with Crippen molar-refractivity contribution in [2.75, 3.05) is 24.2 Å². The van der Waals surface area contributed by atoms with E-state index in [4.69, 9.17) is 4.74 Å². The third kappa shape index (κ3) is 5.33. The third-order valence-electron chi connectivity index (χ3n) is 5.55. The number of anilines is 1. The Morgan fingerprint density at radius 1 is 1.23 bits per heavy atom. The van der Waals surface area contributed by atoms with Crippen LogP contribution in [0.3, 0.4) is 0 Å². The first kappa shape index (κ1) is 22.2. The monoisotopic (exact) mass is 430 g/mol. The van der Waals surface area contributed by atoms with Crippen molar-refractivity contribution in [2.24, 2.45) is 0 Å². The molecule has 0 aliphatic heterocycles. The first-order chi connectivity index (χ1) is 14.3. The number of amides is 1. The molecular weight excluding hydrogens is 400 g/mol. The number of aryl methyl sites for hydroxylation is 2. The second-order valence-electron chi connectivity index (χ2n) is 7.80. The largest absolute Gasteiger partial charge is 0.497 e. The fraction of sp³-hybridized carbons (Fsp3) is 0.435. The number of methoxy groups -OCH3 is 1. The van der Waals surface area contributed by atoms with Crippen LogP contribution < -0.4 is 14.4 Å². The summed E-state index contributed by atoms with van der Waals surface area (Å²) < 4.78 is 31.3. The molecule has 0 heterocycles. The van der Waals surface area contributed by atoms with Gasteiger partial charge < -0.3 is 10.1 Å². The number of fused-ring (bicyclic) bond motifs is 1. The number of para-hydroxylation sites is 1. The van der Waals surface area contributed by atoms with Crippen LogP contribution in [0, 0.1) is 6.92 Å². The van der Waals surface area contributed by atoms with E-state index in [1.54, 1.807) is 13.2 Å². The smallest absolute Gasteiger partial charge is 0.232 e. The minimum Gasteiger partial charge on any atom is -0.497 e. The molecule has 0 radical (unpaired) electrons. The molecule has 0 spiro atoms. The number of nitrogens with zero attached hydrogens (tertiary/aromatic N) is 1. The van der Waals surface area contributed by atoms with Gasteiger partial charge in [0.15, 0.2) is 0 Å². The van der Waals surface area contributed by atoms with Crippen molar-refractivity contribution in [3.05, 3.63) is 59.2 Å². The summed E-state index contributed by atoms with van der Waals surface area (Å²) in [4.78, 5) is 12.6. The van der Waals surface area contributed by atoms with E-state index in [1.165, 1.54) is 16.1 Å². The Morgan fingerprint density at radius 3 is 2.70 bits per heavy atom. The van der Waals surface area contributed by atoms with Crippen LogP contribution in [0.1, 0.15) is 48.4 Å². The van der Waals surface area contributed by atoms with Crippen molar-refractivity contribution >= 4 is 21.6 Å². The highest BCUT2D eigenvalue weighted by Gasteiger charge is 2.23. The molecule has 1 atom stereocenters. The summed E-state index contributed by atoms with van der Waals surface area (Å²) in [6.07, 6.45) is 4.84. The Kier molecular flexibility index (Phi) is 7.02. The van der Waals surface area contributed by atoms with Gasteiger partial charge in [-0.25, -0.2) is 8.42 Å². The maximum atomic E-state index is 12.6. The van der Waals surface area contributed by atoms with Gasteiger partial charge >= 0.3 is 0 Å². The van der Waals surface area contributed by atoms with Crippen molar-refractivity contribution in [1.82, 2.24) is 5.32 Å². The SMILES string of the molecule is COc1ccc2c(c1)CCCC2NC(=O)CCCN(c1ccccc1C)S(C)(=O)=O. The van der Waals surface area contributed by atoms with Gasteiger partial charge in [0.05, 0.1) is 25.1 Å². The molecule has 162 valence electrons. The lowest BCUT2D eigenvalue weighted by atomic mass is 9.87. The van der Waals surface area contributed by atoms with Crippen LogP contribution in [0.25, 0.3) is 0 Å². The Bertz CT molecular complexity index is 1000. The standard InChI is InChI=1S/C23H30N2O4S/c1-17-8-4-5-11-22(17)25(30(3,27)28)15-7-12-23(26)24-21-10-6-9-18-16-19(29-2)13-14-20(18)21/h4-5,8,11,13-14,16,21H,6-7,9-10,12,15H2,1-3H3,(H,24,26). The van der Waals surface area contributed by atoms with Crippen LogP contribution in [0.15, 0.2) is 42.5 Å². The normalized spacial score (nSPS) is 15.9. The summed E-state index contributed by atoms with van der Waals surface area (Å²) in [7, 11) is -1.77. The number of benzene rings is 2. The van der Waals surface area contributed by atoms with Crippen molar-refractivity contribution in [1.29, 1.82) is 0 Å². The van der Waals surface area contributed by atoms with E-state index >= 15 is 0 Å². The summed E-state index contributed by atoms with van der Waals surface area (Å²) >= 11 is 0. The van der Waals surface area contributed by atoms with E-state index in [9.17, 15) is 13.2 Å². The molecule has 1 aliphatic rings.